The molecule has 1 aliphatic carbocycles. The van der Waals surface area contributed by atoms with Crippen molar-refractivity contribution in [3.05, 3.63) is 0 Å². The third-order valence-corrected chi connectivity index (χ3v) is 4.74. The van der Waals surface area contributed by atoms with Crippen LogP contribution in [0.2, 0.25) is 0 Å². The Balaban J connectivity index is 2.16. The summed E-state index contributed by atoms with van der Waals surface area (Å²) in [7, 11) is 0. The average Bonchev–Trinajstić information content (AvgIpc) is 2.81. The molecule has 4 nitrogen and oxygen atoms in total. The van der Waals surface area contributed by atoms with E-state index in [-0.39, 0.29) is 5.91 Å². The summed E-state index contributed by atoms with van der Waals surface area (Å²) in [5.74, 6) is 0.146. The lowest BCUT2D eigenvalue weighted by Gasteiger charge is -2.35. The summed E-state index contributed by atoms with van der Waals surface area (Å²) in [4.78, 5) is 15.2. The highest BCUT2D eigenvalue weighted by atomic mass is 32.1. The third kappa shape index (κ3) is 3.26. The van der Waals surface area contributed by atoms with Crippen molar-refractivity contribution in [2.24, 2.45) is 11.1 Å². The fraction of sp³-hybridized carbons (Fsp3) is 0.857. The number of nitrogens with zero attached hydrogens (tertiary/aromatic N) is 1. The minimum Gasteiger partial charge on any atom is -0.392 e. The van der Waals surface area contributed by atoms with Crippen molar-refractivity contribution in [3.63, 3.8) is 0 Å². The summed E-state index contributed by atoms with van der Waals surface area (Å²) in [6.07, 6.45) is 7.00. The highest BCUT2D eigenvalue weighted by molar-refractivity contribution is 7.80. The molecule has 2 aliphatic rings. The lowest BCUT2D eigenvalue weighted by atomic mass is 9.78. The van der Waals surface area contributed by atoms with Crippen molar-refractivity contribution >= 4 is 23.1 Å². The molecular weight excluding hydrogens is 260 g/mol. The molecule has 0 aromatic heterocycles. The summed E-state index contributed by atoms with van der Waals surface area (Å²) in [5.41, 5.74) is 5.38. The molecular formula is C14H24N2O2S. The second-order valence-electron chi connectivity index (χ2n) is 5.62. The summed E-state index contributed by atoms with van der Waals surface area (Å²) >= 11 is 5.27. The van der Waals surface area contributed by atoms with Crippen LogP contribution in [0, 0.1) is 5.41 Å². The van der Waals surface area contributed by atoms with Crippen LogP contribution < -0.4 is 5.73 Å². The maximum Gasteiger partial charge on any atom is 0.235 e. The molecule has 0 atom stereocenters. The van der Waals surface area contributed by atoms with E-state index in [2.05, 4.69) is 0 Å². The van der Waals surface area contributed by atoms with Crippen molar-refractivity contribution < 1.29 is 9.53 Å². The molecule has 1 heterocycles. The van der Waals surface area contributed by atoms with E-state index in [0.29, 0.717) is 18.1 Å². The van der Waals surface area contributed by atoms with Crippen LogP contribution in [-0.4, -0.2) is 42.1 Å². The van der Waals surface area contributed by atoms with Gasteiger partial charge in [0, 0.05) is 19.7 Å². The number of carbonyl (C=O) groups excluding carboxylic acids is 1. The van der Waals surface area contributed by atoms with Gasteiger partial charge in [-0.1, -0.05) is 37.9 Å². The molecule has 1 amide bonds. The van der Waals surface area contributed by atoms with Crippen LogP contribution in [0.5, 0.6) is 0 Å². The Hall–Kier alpha value is -0.680. The average molecular weight is 284 g/mol. The van der Waals surface area contributed by atoms with Crippen LogP contribution in [0.4, 0.5) is 0 Å². The van der Waals surface area contributed by atoms with Crippen molar-refractivity contribution in [2.75, 3.05) is 26.3 Å². The minimum atomic E-state index is -0.587. The molecule has 2 rings (SSSR count). The van der Waals surface area contributed by atoms with E-state index in [1.165, 1.54) is 12.8 Å². The first-order valence-electron chi connectivity index (χ1n) is 7.34. The number of nitrogens with two attached hydrogens (primary N) is 1. The standard InChI is InChI=1S/C14H24N2O2S/c15-12(19)14(6-3-1-2-4-7-14)13(17)16-8-5-10-18-11-9-16/h1-11H2,(H2,15,19). The van der Waals surface area contributed by atoms with Crippen LogP contribution in [0.25, 0.3) is 0 Å². The minimum absolute atomic E-state index is 0.146. The largest absolute Gasteiger partial charge is 0.392 e. The first-order valence-corrected chi connectivity index (χ1v) is 7.75. The highest BCUT2D eigenvalue weighted by Gasteiger charge is 2.43. The maximum atomic E-state index is 12.9. The molecule has 19 heavy (non-hydrogen) atoms. The summed E-state index contributed by atoms with van der Waals surface area (Å²) < 4.78 is 5.42. The number of hydrogen-bond acceptors (Lipinski definition) is 3. The van der Waals surface area contributed by atoms with Gasteiger partial charge in [-0.15, -0.1) is 0 Å². The Labute approximate surface area is 120 Å². The Morgan fingerprint density at radius 2 is 1.74 bits per heavy atom. The van der Waals surface area contributed by atoms with Gasteiger partial charge in [0.05, 0.1) is 17.0 Å². The number of rotatable bonds is 2. The smallest absolute Gasteiger partial charge is 0.235 e. The highest BCUT2D eigenvalue weighted by Crippen LogP contribution is 2.37. The summed E-state index contributed by atoms with van der Waals surface area (Å²) in [5, 5.41) is 0. The lowest BCUT2D eigenvalue weighted by Crippen LogP contribution is -2.51. The zero-order chi connectivity index (χ0) is 13.7. The Morgan fingerprint density at radius 3 is 2.37 bits per heavy atom. The molecule has 5 heteroatoms. The molecule has 108 valence electrons. The number of hydrogen-bond donors (Lipinski definition) is 1. The Morgan fingerprint density at radius 1 is 1.05 bits per heavy atom. The number of amides is 1. The molecule has 2 N–H and O–H groups in total. The normalized spacial score (nSPS) is 24.3. The van der Waals surface area contributed by atoms with Gasteiger partial charge in [-0.3, -0.25) is 4.79 Å². The molecule has 2 fully saturated rings. The first-order chi connectivity index (χ1) is 9.17. The van der Waals surface area contributed by atoms with Gasteiger partial charge in [-0.2, -0.15) is 0 Å². The van der Waals surface area contributed by atoms with Gasteiger partial charge < -0.3 is 15.4 Å². The SMILES string of the molecule is NC(=S)C1(C(=O)N2CCCOCC2)CCCCCC1. The Bertz CT molecular complexity index is 330. The third-order valence-electron chi connectivity index (χ3n) is 4.35. The number of ether oxygens (including phenoxy) is 1. The Kier molecular flexibility index (Phi) is 5.16. The molecule has 0 unspecified atom stereocenters. The predicted octanol–water partition coefficient (Wildman–Crippen LogP) is 1.86. The molecule has 0 aromatic rings. The van der Waals surface area contributed by atoms with Gasteiger partial charge in [-0.25, -0.2) is 0 Å². The zero-order valence-electron chi connectivity index (χ0n) is 11.5. The quantitative estimate of drug-likeness (QED) is 0.621. The fourth-order valence-corrected chi connectivity index (χ4v) is 3.44. The summed E-state index contributed by atoms with van der Waals surface area (Å²) in [6, 6.07) is 0. The lowest BCUT2D eigenvalue weighted by molar-refractivity contribution is -0.139. The van der Waals surface area contributed by atoms with E-state index >= 15 is 0 Å². The van der Waals surface area contributed by atoms with Gasteiger partial charge in [-0.05, 0) is 19.3 Å². The van der Waals surface area contributed by atoms with Crippen molar-refractivity contribution in [2.45, 2.75) is 44.9 Å². The molecule has 0 spiro atoms. The van der Waals surface area contributed by atoms with E-state index in [4.69, 9.17) is 22.7 Å². The van der Waals surface area contributed by atoms with E-state index in [1.54, 1.807) is 0 Å². The van der Waals surface area contributed by atoms with E-state index in [0.717, 1.165) is 45.3 Å². The second-order valence-corrected chi connectivity index (χ2v) is 6.06. The van der Waals surface area contributed by atoms with Crippen molar-refractivity contribution in [1.29, 1.82) is 0 Å². The monoisotopic (exact) mass is 284 g/mol. The molecule has 1 saturated carbocycles. The van der Waals surface area contributed by atoms with Crippen LogP contribution in [0.1, 0.15) is 44.9 Å². The van der Waals surface area contributed by atoms with Crippen LogP contribution in [-0.2, 0) is 9.53 Å². The van der Waals surface area contributed by atoms with Crippen molar-refractivity contribution in [3.8, 4) is 0 Å². The van der Waals surface area contributed by atoms with Gasteiger partial charge >= 0.3 is 0 Å². The number of thiocarbonyl (C=S) groups is 1. The first kappa shape index (κ1) is 14.7. The van der Waals surface area contributed by atoms with E-state index in [9.17, 15) is 4.79 Å². The van der Waals surface area contributed by atoms with E-state index in [1.807, 2.05) is 4.90 Å². The molecule has 0 aromatic carbocycles. The second kappa shape index (κ2) is 6.66. The molecule has 1 aliphatic heterocycles. The van der Waals surface area contributed by atoms with Crippen molar-refractivity contribution in [1.82, 2.24) is 4.90 Å². The van der Waals surface area contributed by atoms with Gasteiger partial charge in [0.15, 0.2) is 0 Å². The molecule has 0 radical (unpaired) electrons. The van der Waals surface area contributed by atoms with Gasteiger partial charge in [0.2, 0.25) is 5.91 Å². The molecule has 1 saturated heterocycles. The van der Waals surface area contributed by atoms with Gasteiger partial charge in [0.1, 0.15) is 0 Å². The topological polar surface area (TPSA) is 55.6 Å². The van der Waals surface area contributed by atoms with E-state index < -0.39 is 5.41 Å². The predicted molar refractivity (Wildman–Crippen MR) is 78.9 cm³/mol. The summed E-state index contributed by atoms with van der Waals surface area (Å²) in [6.45, 7) is 2.80. The van der Waals surface area contributed by atoms with Crippen LogP contribution >= 0.6 is 12.2 Å². The van der Waals surface area contributed by atoms with Gasteiger partial charge in [0.25, 0.3) is 0 Å². The maximum absolute atomic E-state index is 12.9. The fourth-order valence-electron chi connectivity index (χ4n) is 3.15. The molecule has 0 bridgehead atoms. The van der Waals surface area contributed by atoms with Crippen LogP contribution in [0.15, 0.2) is 0 Å². The van der Waals surface area contributed by atoms with Crippen LogP contribution in [0.3, 0.4) is 0 Å². The zero-order valence-corrected chi connectivity index (χ0v) is 12.3. The number of carbonyl (C=O) groups is 1.